The summed E-state index contributed by atoms with van der Waals surface area (Å²) in [7, 11) is 1.68. The van der Waals surface area contributed by atoms with Gasteiger partial charge in [-0.3, -0.25) is 4.99 Å². The van der Waals surface area contributed by atoms with E-state index in [1.54, 1.807) is 19.2 Å². The summed E-state index contributed by atoms with van der Waals surface area (Å²) in [6.07, 6.45) is -2.12. The van der Waals surface area contributed by atoms with Gasteiger partial charge in [0.15, 0.2) is 5.96 Å². The average molecular weight is 547 g/mol. The molecule has 0 saturated heterocycles. The third kappa shape index (κ3) is 15.7. The van der Waals surface area contributed by atoms with Crippen LogP contribution in [0.4, 0.5) is 13.2 Å². The van der Waals surface area contributed by atoms with E-state index < -0.39 is 12.8 Å². The van der Waals surface area contributed by atoms with Crippen LogP contribution < -0.4 is 10.6 Å². The lowest BCUT2D eigenvalue weighted by atomic mass is 10.1. The van der Waals surface area contributed by atoms with Crippen molar-refractivity contribution in [3.63, 3.8) is 0 Å². The summed E-state index contributed by atoms with van der Waals surface area (Å²) in [5.41, 5.74) is 1.67. The van der Waals surface area contributed by atoms with Gasteiger partial charge in [-0.05, 0) is 17.5 Å². The van der Waals surface area contributed by atoms with Crippen molar-refractivity contribution in [3.05, 3.63) is 35.4 Å². The van der Waals surface area contributed by atoms with Crippen LogP contribution in [0.1, 0.15) is 30.9 Å². The molecule has 0 amide bonds. The van der Waals surface area contributed by atoms with E-state index in [-0.39, 0.29) is 30.6 Å². The molecule has 0 spiro atoms. The quantitative estimate of drug-likeness (QED) is 0.160. The van der Waals surface area contributed by atoms with Gasteiger partial charge in [-0.15, -0.1) is 24.0 Å². The molecule has 0 unspecified atom stereocenters. The van der Waals surface area contributed by atoms with Gasteiger partial charge in [0.05, 0.1) is 26.4 Å². The smallest absolute Gasteiger partial charge is 0.379 e. The van der Waals surface area contributed by atoms with Crippen molar-refractivity contribution in [1.82, 2.24) is 10.6 Å². The predicted molar refractivity (Wildman–Crippen MR) is 122 cm³/mol. The second kappa shape index (κ2) is 17.6. The van der Waals surface area contributed by atoms with Crippen molar-refractivity contribution in [2.24, 2.45) is 4.99 Å². The summed E-state index contributed by atoms with van der Waals surface area (Å²) >= 11 is 0. The Bertz CT molecular complexity index is 573. The van der Waals surface area contributed by atoms with Gasteiger partial charge in [0.2, 0.25) is 0 Å². The number of hydrogen-bond acceptors (Lipinski definition) is 4. The Morgan fingerprint density at radius 2 is 1.57 bits per heavy atom. The zero-order valence-electron chi connectivity index (χ0n) is 17.6. The third-order valence-corrected chi connectivity index (χ3v) is 3.79. The second-order valence-corrected chi connectivity index (χ2v) is 6.36. The van der Waals surface area contributed by atoms with E-state index in [0.29, 0.717) is 44.4 Å². The zero-order valence-corrected chi connectivity index (χ0v) is 19.9. The summed E-state index contributed by atoms with van der Waals surface area (Å²) < 4.78 is 51.8. The van der Waals surface area contributed by atoms with Gasteiger partial charge in [-0.25, -0.2) is 0 Å². The Hall–Kier alpha value is -1.11. The topological polar surface area (TPSA) is 64.1 Å². The molecular weight excluding hydrogens is 514 g/mol. The number of benzene rings is 1. The van der Waals surface area contributed by atoms with Gasteiger partial charge in [0.25, 0.3) is 0 Å². The van der Waals surface area contributed by atoms with Gasteiger partial charge < -0.3 is 24.8 Å². The van der Waals surface area contributed by atoms with Crippen LogP contribution in [0.5, 0.6) is 0 Å². The molecule has 1 aromatic rings. The highest BCUT2D eigenvalue weighted by Gasteiger charge is 2.27. The minimum absolute atomic E-state index is 0. The number of aliphatic imine (C=N–C) groups is 1. The molecule has 1 aromatic carbocycles. The lowest BCUT2D eigenvalue weighted by Crippen LogP contribution is -2.38. The Morgan fingerprint density at radius 1 is 0.933 bits per heavy atom. The van der Waals surface area contributed by atoms with Gasteiger partial charge in [0, 0.05) is 26.7 Å². The molecule has 6 nitrogen and oxygen atoms in total. The van der Waals surface area contributed by atoms with Gasteiger partial charge in [0.1, 0.15) is 6.61 Å². The summed E-state index contributed by atoms with van der Waals surface area (Å²) in [6.45, 7) is 4.45. The number of hydrogen-bond donors (Lipinski definition) is 2. The van der Waals surface area contributed by atoms with Gasteiger partial charge >= 0.3 is 6.18 Å². The van der Waals surface area contributed by atoms with E-state index >= 15 is 0 Å². The Balaban J connectivity index is 0.00000841. The summed E-state index contributed by atoms with van der Waals surface area (Å²) in [6, 6.07) is 7.18. The van der Waals surface area contributed by atoms with E-state index in [9.17, 15) is 13.2 Å². The third-order valence-electron chi connectivity index (χ3n) is 3.79. The Kier molecular flexibility index (Phi) is 16.9. The fourth-order valence-corrected chi connectivity index (χ4v) is 2.25. The number of alkyl halides is 3. The minimum Gasteiger partial charge on any atom is -0.379 e. The van der Waals surface area contributed by atoms with Crippen LogP contribution in [0.25, 0.3) is 0 Å². The maximum Gasteiger partial charge on any atom is 0.411 e. The first-order valence-electron chi connectivity index (χ1n) is 9.77. The van der Waals surface area contributed by atoms with Crippen LogP contribution in [-0.4, -0.2) is 58.8 Å². The molecule has 0 radical (unpaired) electrons. The fourth-order valence-electron chi connectivity index (χ4n) is 2.25. The predicted octanol–water partition coefficient (Wildman–Crippen LogP) is 3.88. The standard InChI is InChI=1S/C20H32F3N3O3.HI/c1-3-4-10-27-12-13-28-11-9-25-19(24-2)26-14-17-5-7-18(8-6-17)15-29-16-20(21,22)23;/h5-8H,3-4,9-16H2,1-2H3,(H2,24,25,26);1H. The van der Waals surface area contributed by atoms with Crippen molar-refractivity contribution in [1.29, 1.82) is 0 Å². The number of nitrogens with zero attached hydrogens (tertiary/aromatic N) is 1. The maximum atomic E-state index is 12.1. The molecule has 0 fully saturated rings. The van der Waals surface area contributed by atoms with Crippen molar-refractivity contribution in [2.75, 3.05) is 46.6 Å². The highest BCUT2D eigenvalue weighted by atomic mass is 127. The number of halogens is 4. The molecule has 2 N–H and O–H groups in total. The summed E-state index contributed by atoms with van der Waals surface area (Å²) in [5.74, 6) is 0.644. The number of rotatable bonds is 14. The van der Waals surface area contributed by atoms with E-state index in [4.69, 9.17) is 9.47 Å². The van der Waals surface area contributed by atoms with Crippen LogP contribution >= 0.6 is 24.0 Å². The minimum atomic E-state index is -4.31. The SMILES string of the molecule is CCCCOCCOCCNC(=NC)NCc1ccc(COCC(F)(F)F)cc1.I. The monoisotopic (exact) mass is 547 g/mol. The molecule has 0 aliphatic heterocycles. The Labute approximate surface area is 194 Å². The molecule has 1 rings (SSSR count). The van der Waals surface area contributed by atoms with E-state index in [2.05, 4.69) is 27.3 Å². The average Bonchev–Trinajstić information content (AvgIpc) is 2.69. The van der Waals surface area contributed by atoms with Crippen LogP contribution in [0.15, 0.2) is 29.3 Å². The molecule has 0 saturated carbocycles. The van der Waals surface area contributed by atoms with Crippen LogP contribution in [0, 0.1) is 0 Å². The lowest BCUT2D eigenvalue weighted by Gasteiger charge is -2.13. The first kappa shape index (κ1) is 28.9. The first-order valence-corrected chi connectivity index (χ1v) is 9.77. The molecular formula is C20H33F3IN3O3. The number of nitrogens with one attached hydrogen (secondary N) is 2. The van der Waals surface area contributed by atoms with Gasteiger partial charge in [-0.1, -0.05) is 37.6 Å². The maximum absolute atomic E-state index is 12.1. The van der Waals surface area contributed by atoms with Crippen LogP contribution in [0.2, 0.25) is 0 Å². The zero-order chi connectivity index (χ0) is 21.4. The van der Waals surface area contributed by atoms with Crippen molar-refractivity contribution in [2.45, 2.75) is 39.1 Å². The molecule has 0 aromatic heterocycles. The number of ether oxygens (including phenoxy) is 3. The van der Waals surface area contributed by atoms with Crippen molar-refractivity contribution in [3.8, 4) is 0 Å². The van der Waals surface area contributed by atoms with Crippen molar-refractivity contribution >= 4 is 29.9 Å². The molecule has 0 atom stereocenters. The van der Waals surface area contributed by atoms with Crippen LogP contribution in [0.3, 0.4) is 0 Å². The van der Waals surface area contributed by atoms with E-state index in [1.165, 1.54) is 0 Å². The fraction of sp³-hybridized carbons (Fsp3) is 0.650. The number of guanidine groups is 1. The summed E-state index contributed by atoms with van der Waals surface area (Å²) in [5, 5.41) is 6.32. The normalized spacial score (nSPS) is 11.8. The lowest BCUT2D eigenvalue weighted by molar-refractivity contribution is -0.176. The van der Waals surface area contributed by atoms with E-state index in [0.717, 1.165) is 25.0 Å². The molecule has 30 heavy (non-hydrogen) atoms. The highest BCUT2D eigenvalue weighted by Crippen LogP contribution is 2.15. The van der Waals surface area contributed by atoms with Crippen LogP contribution in [-0.2, 0) is 27.4 Å². The van der Waals surface area contributed by atoms with Crippen molar-refractivity contribution < 1.29 is 27.4 Å². The molecule has 0 aliphatic rings. The molecule has 0 heterocycles. The van der Waals surface area contributed by atoms with Gasteiger partial charge in [-0.2, -0.15) is 13.2 Å². The first-order chi connectivity index (χ1) is 13.9. The number of unbranched alkanes of at least 4 members (excludes halogenated alkanes) is 1. The molecule has 10 heteroatoms. The molecule has 174 valence electrons. The Morgan fingerprint density at radius 3 is 2.17 bits per heavy atom. The highest BCUT2D eigenvalue weighted by molar-refractivity contribution is 14.0. The van der Waals surface area contributed by atoms with E-state index in [1.807, 2.05) is 12.1 Å². The largest absolute Gasteiger partial charge is 0.411 e. The summed E-state index contributed by atoms with van der Waals surface area (Å²) in [4.78, 5) is 4.14. The molecule has 0 aliphatic carbocycles. The molecule has 0 bridgehead atoms. The second-order valence-electron chi connectivity index (χ2n) is 6.36.